The molecule has 2 aromatic rings. The highest BCUT2D eigenvalue weighted by Gasteiger charge is 2.22. The molecule has 0 radical (unpaired) electrons. The fourth-order valence-electron chi connectivity index (χ4n) is 1.79. The van der Waals surface area contributed by atoms with Gasteiger partial charge in [0.1, 0.15) is 10.4 Å². The van der Waals surface area contributed by atoms with Gasteiger partial charge in [-0.1, -0.05) is 0 Å². The molecule has 0 N–H and O–H groups in total. The van der Waals surface area contributed by atoms with Crippen LogP contribution in [0.4, 0.5) is 4.39 Å². The average molecular weight is 283 g/mol. The van der Waals surface area contributed by atoms with Crippen LogP contribution in [0.15, 0.2) is 28.9 Å². The zero-order valence-electron chi connectivity index (χ0n) is 8.28. The quantitative estimate of drug-likeness (QED) is 0.804. The van der Waals surface area contributed by atoms with Crippen molar-refractivity contribution in [1.29, 1.82) is 0 Å². The van der Waals surface area contributed by atoms with Crippen LogP contribution >= 0.6 is 15.9 Å². The summed E-state index contributed by atoms with van der Waals surface area (Å²) in [6.45, 7) is 1.13. The number of benzene rings is 1. The van der Waals surface area contributed by atoms with E-state index >= 15 is 0 Å². The molecule has 0 saturated carbocycles. The molecule has 16 heavy (non-hydrogen) atoms. The van der Waals surface area contributed by atoms with Crippen molar-refractivity contribution in [3.05, 3.63) is 45.9 Å². The molecule has 3 nitrogen and oxygen atoms in total. The topological polar surface area (TPSA) is 27.1 Å². The molecule has 0 saturated heterocycles. The van der Waals surface area contributed by atoms with Gasteiger partial charge >= 0.3 is 0 Å². The van der Waals surface area contributed by atoms with E-state index in [0.29, 0.717) is 13.2 Å². The van der Waals surface area contributed by atoms with E-state index in [1.807, 2.05) is 0 Å². The van der Waals surface area contributed by atoms with Gasteiger partial charge in [-0.25, -0.2) is 9.07 Å². The maximum absolute atomic E-state index is 12.8. The number of ether oxygens (including phenoxy) is 1. The molecular formula is C11H8BrFN2O. The molecule has 5 heteroatoms. The Morgan fingerprint density at radius 3 is 2.75 bits per heavy atom. The lowest BCUT2D eigenvalue weighted by Crippen LogP contribution is -2.01. The molecule has 2 heterocycles. The number of halogens is 2. The monoisotopic (exact) mass is 282 g/mol. The van der Waals surface area contributed by atoms with Gasteiger partial charge in [0.15, 0.2) is 0 Å². The second-order valence-corrected chi connectivity index (χ2v) is 4.35. The van der Waals surface area contributed by atoms with Crippen molar-refractivity contribution in [2.75, 3.05) is 0 Å². The third kappa shape index (κ3) is 1.47. The number of aromatic nitrogens is 2. The van der Waals surface area contributed by atoms with Crippen LogP contribution in [0.3, 0.4) is 0 Å². The summed E-state index contributed by atoms with van der Waals surface area (Å²) in [5.74, 6) is -0.247. The molecule has 3 rings (SSSR count). The Kier molecular flexibility index (Phi) is 2.29. The van der Waals surface area contributed by atoms with Gasteiger partial charge in [-0.2, -0.15) is 5.10 Å². The highest BCUT2D eigenvalue weighted by Crippen LogP contribution is 2.29. The predicted molar refractivity (Wildman–Crippen MR) is 59.7 cm³/mol. The molecule has 0 bridgehead atoms. The first-order valence-electron chi connectivity index (χ1n) is 4.85. The molecular weight excluding hydrogens is 275 g/mol. The summed E-state index contributed by atoms with van der Waals surface area (Å²) < 4.78 is 20.8. The lowest BCUT2D eigenvalue weighted by molar-refractivity contribution is 0.130. The maximum atomic E-state index is 12.8. The van der Waals surface area contributed by atoms with Crippen molar-refractivity contribution in [2.24, 2.45) is 0 Å². The third-order valence-corrected chi connectivity index (χ3v) is 3.23. The highest BCUT2D eigenvalue weighted by molar-refractivity contribution is 9.10. The summed E-state index contributed by atoms with van der Waals surface area (Å²) in [5, 5.41) is 4.36. The molecule has 1 aromatic heterocycles. The molecule has 1 aliphatic rings. The Bertz CT molecular complexity index is 536. The van der Waals surface area contributed by atoms with Crippen LogP contribution in [-0.2, 0) is 18.0 Å². The van der Waals surface area contributed by atoms with Crippen LogP contribution in [0.5, 0.6) is 0 Å². The molecule has 0 spiro atoms. The van der Waals surface area contributed by atoms with Crippen LogP contribution in [0.1, 0.15) is 11.3 Å². The standard InChI is InChI=1S/C11H8BrFN2O/c12-11-9-5-16-6-10(9)15(14-11)8-3-1-7(13)2-4-8/h1-4H,5-6H2. The molecule has 1 aliphatic heterocycles. The van der Waals surface area contributed by atoms with Gasteiger partial charge in [-0.3, -0.25) is 0 Å². The Labute approximate surface area is 100.0 Å². The van der Waals surface area contributed by atoms with Crippen LogP contribution in [0, 0.1) is 5.82 Å². The third-order valence-electron chi connectivity index (χ3n) is 2.60. The van der Waals surface area contributed by atoms with E-state index in [-0.39, 0.29) is 5.82 Å². The summed E-state index contributed by atoms with van der Waals surface area (Å²) in [6.07, 6.45) is 0. The summed E-state index contributed by atoms with van der Waals surface area (Å²) in [7, 11) is 0. The van der Waals surface area contributed by atoms with Gasteiger partial charge in [0.2, 0.25) is 0 Å². The second kappa shape index (κ2) is 3.68. The number of rotatable bonds is 1. The highest BCUT2D eigenvalue weighted by atomic mass is 79.9. The van der Waals surface area contributed by atoms with E-state index < -0.39 is 0 Å². The van der Waals surface area contributed by atoms with Crippen LogP contribution in [0.25, 0.3) is 5.69 Å². The average Bonchev–Trinajstić information content (AvgIpc) is 2.84. The van der Waals surface area contributed by atoms with Gasteiger partial charge in [-0.15, -0.1) is 0 Å². The first kappa shape index (κ1) is 9.99. The van der Waals surface area contributed by atoms with E-state index in [0.717, 1.165) is 21.5 Å². The molecule has 0 atom stereocenters. The lowest BCUT2D eigenvalue weighted by atomic mass is 10.3. The van der Waals surface area contributed by atoms with E-state index in [1.165, 1.54) is 12.1 Å². The fourth-order valence-corrected chi connectivity index (χ4v) is 2.29. The summed E-state index contributed by atoms with van der Waals surface area (Å²) in [6, 6.07) is 6.25. The lowest BCUT2D eigenvalue weighted by Gasteiger charge is -2.04. The van der Waals surface area contributed by atoms with E-state index in [9.17, 15) is 4.39 Å². The summed E-state index contributed by atoms with van der Waals surface area (Å²) in [4.78, 5) is 0. The summed E-state index contributed by atoms with van der Waals surface area (Å²) in [5.41, 5.74) is 2.94. The van der Waals surface area contributed by atoms with Gasteiger partial charge in [0.25, 0.3) is 0 Å². The first-order chi connectivity index (χ1) is 7.75. The van der Waals surface area contributed by atoms with Gasteiger partial charge in [0.05, 0.1) is 24.6 Å². The Morgan fingerprint density at radius 1 is 1.25 bits per heavy atom. The Hall–Kier alpha value is -1.20. The van der Waals surface area contributed by atoms with Crippen LogP contribution in [0.2, 0.25) is 0 Å². The normalized spacial score (nSPS) is 14.1. The SMILES string of the molecule is Fc1ccc(-n2nc(Br)c3c2COC3)cc1. The Morgan fingerprint density at radius 2 is 2.00 bits per heavy atom. The van der Waals surface area contributed by atoms with Gasteiger partial charge in [0, 0.05) is 5.56 Å². The van der Waals surface area contributed by atoms with Crippen LogP contribution in [-0.4, -0.2) is 9.78 Å². The fraction of sp³-hybridized carbons (Fsp3) is 0.182. The molecule has 1 aromatic carbocycles. The number of nitrogens with zero attached hydrogens (tertiary/aromatic N) is 2. The number of hydrogen-bond acceptors (Lipinski definition) is 2. The molecule has 0 aliphatic carbocycles. The Balaban J connectivity index is 2.13. The number of fused-ring (bicyclic) bond motifs is 1. The van der Waals surface area contributed by atoms with Gasteiger partial charge < -0.3 is 4.74 Å². The van der Waals surface area contributed by atoms with Crippen LogP contribution < -0.4 is 0 Å². The zero-order chi connectivity index (χ0) is 11.1. The van der Waals surface area contributed by atoms with Crippen molar-refractivity contribution in [2.45, 2.75) is 13.2 Å². The zero-order valence-corrected chi connectivity index (χ0v) is 9.87. The minimum absolute atomic E-state index is 0.247. The minimum Gasteiger partial charge on any atom is -0.370 e. The van der Waals surface area contributed by atoms with Crippen molar-refractivity contribution in [1.82, 2.24) is 9.78 Å². The largest absolute Gasteiger partial charge is 0.370 e. The van der Waals surface area contributed by atoms with E-state index in [1.54, 1.807) is 16.8 Å². The minimum atomic E-state index is -0.247. The van der Waals surface area contributed by atoms with E-state index in [2.05, 4.69) is 21.0 Å². The molecule has 0 amide bonds. The van der Waals surface area contributed by atoms with Crippen molar-refractivity contribution < 1.29 is 9.13 Å². The first-order valence-corrected chi connectivity index (χ1v) is 5.65. The van der Waals surface area contributed by atoms with Crippen molar-refractivity contribution >= 4 is 15.9 Å². The second-order valence-electron chi connectivity index (χ2n) is 3.60. The van der Waals surface area contributed by atoms with Crippen molar-refractivity contribution in [3.63, 3.8) is 0 Å². The summed E-state index contributed by atoms with van der Waals surface area (Å²) >= 11 is 3.39. The van der Waals surface area contributed by atoms with E-state index in [4.69, 9.17) is 4.74 Å². The van der Waals surface area contributed by atoms with Gasteiger partial charge in [-0.05, 0) is 40.2 Å². The number of hydrogen-bond donors (Lipinski definition) is 0. The predicted octanol–water partition coefficient (Wildman–Crippen LogP) is 2.80. The van der Waals surface area contributed by atoms with Crippen molar-refractivity contribution in [3.8, 4) is 5.69 Å². The smallest absolute Gasteiger partial charge is 0.134 e. The molecule has 0 fully saturated rings. The molecule has 82 valence electrons. The maximum Gasteiger partial charge on any atom is 0.134 e. The molecule has 0 unspecified atom stereocenters.